The van der Waals surface area contributed by atoms with Gasteiger partial charge in [0.1, 0.15) is 6.07 Å². The number of rotatable bonds is 5. The molecule has 0 saturated carbocycles. The van der Waals surface area contributed by atoms with Crippen molar-refractivity contribution >= 4 is 17.4 Å². The van der Waals surface area contributed by atoms with Crippen molar-refractivity contribution in [1.82, 2.24) is 0 Å². The third-order valence-corrected chi connectivity index (χ3v) is 3.32. The predicted molar refractivity (Wildman–Crippen MR) is 74.1 cm³/mol. The van der Waals surface area contributed by atoms with E-state index in [4.69, 9.17) is 6.42 Å². The molecular formula is C14H16N2S. The summed E-state index contributed by atoms with van der Waals surface area (Å²) in [5.74, 6) is 3.62. The van der Waals surface area contributed by atoms with E-state index >= 15 is 0 Å². The lowest BCUT2D eigenvalue weighted by molar-refractivity contribution is 0.856. The van der Waals surface area contributed by atoms with Crippen molar-refractivity contribution in [3.8, 4) is 18.4 Å². The minimum atomic E-state index is -0.0241. The van der Waals surface area contributed by atoms with Crippen molar-refractivity contribution in [3.63, 3.8) is 0 Å². The molecule has 0 amide bonds. The van der Waals surface area contributed by atoms with Crippen LogP contribution in [0.15, 0.2) is 23.1 Å². The highest BCUT2D eigenvalue weighted by atomic mass is 32.2. The van der Waals surface area contributed by atoms with Crippen LogP contribution >= 0.6 is 11.8 Å². The maximum atomic E-state index is 9.23. The summed E-state index contributed by atoms with van der Waals surface area (Å²) in [6.07, 6.45) is 6.26. The molecule has 0 bridgehead atoms. The van der Waals surface area contributed by atoms with Crippen LogP contribution in [0.4, 0.5) is 5.69 Å². The topological polar surface area (TPSA) is 35.8 Å². The minimum absolute atomic E-state index is 0.0241. The summed E-state index contributed by atoms with van der Waals surface area (Å²) in [4.78, 5) is 1.01. The second kappa shape index (κ2) is 6.89. The number of nitrogens with one attached hydrogen (secondary N) is 1. The zero-order valence-electron chi connectivity index (χ0n) is 10.2. The van der Waals surface area contributed by atoms with Crippen LogP contribution in [0.5, 0.6) is 0 Å². The van der Waals surface area contributed by atoms with Crippen molar-refractivity contribution in [3.05, 3.63) is 23.8 Å². The third kappa shape index (κ3) is 3.44. The number of thioether (sulfide) groups is 1. The molecule has 3 heteroatoms. The standard InChI is InChI=1S/C14H16N2S/c1-4-11(5-2)16-13-8-7-9-14(17-6-3)12(13)10-15/h1,7-9,11,16H,5-6H2,2-3H3. The van der Waals surface area contributed by atoms with Gasteiger partial charge in [-0.25, -0.2) is 0 Å². The molecule has 0 fully saturated rings. The van der Waals surface area contributed by atoms with Gasteiger partial charge in [-0.15, -0.1) is 18.2 Å². The highest BCUT2D eigenvalue weighted by Gasteiger charge is 2.10. The van der Waals surface area contributed by atoms with E-state index in [1.807, 2.05) is 25.1 Å². The quantitative estimate of drug-likeness (QED) is 0.636. The van der Waals surface area contributed by atoms with Crippen molar-refractivity contribution in [2.75, 3.05) is 11.1 Å². The van der Waals surface area contributed by atoms with Crippen LogP contribution in [-0.2, 0) is 0 Å². The number of hydrogen-bond acceptors (Lipinski definition) is 3. The van der Waals surface area contributed by atoms with Gasteiger partial charge in [-0.05, 0) is 24.3 Å². The average Bonchev–Trinajstić information content (AvgIpc) is 2.36. The van der Waals surface area contributed by atoms with Crippen LogP contribution in [0, 0.1) is 23.7 Å². The largest absolute Gasteiger partial charge is 0.370 e. The van der Waals surface area contributed by atoms with Crippen LogP contribution in [0.2, 0.25) is 0 Å². The van der Waals surface area contributed by atoms with Gasteiger partial charge in [0.05, 0.1) is 17.3 Å². The van der Waals surface area contributed by atoms with E-state index < -0.39 is 0 Å². The zero-order chi connectivity index (χ0) is 12.7. The summed E-state index contributed by atoms with van der Waals surface area (Å²) in [7, 11) is 0. The van der Waals surface area contributed by atoms with E-state index in [0.717, 1.165) is 22.8 Å². The van der Waals surface area contributed by atoms with Crippen molar-refractivity contribution < 1.29 is 0 Å². The summed E-state index contributed by atoms with van der Waals surface area (Å²) >= 11 is 1.67. The summed E-state index contributed by atoms with van der Waals surface area (Å²) in [6, 6.07) is 8.04. The highest BCUT2D eigenvalue weighted by molar-refractivity contribution is 7.99. The number of nitriles is 1. The second-order valence-electron chi connectivity index (χ2n) is 3.50. The molecule has 0 aromatic heterocycles. The van der Waals surface area contributed by atoms with Gasteiger partial charge < -0.3 is 5.32 Å². The zero-order valence-corrected chi connectivity index (χ0v) is 11.0. The molecule has 0 aliphatic rings. The first-order valence-electron chi connectivity index (χ1n) is 5.65. The molecule has 1 aromatic carbocycles. The molecule has 1 aromatic rings. The maximum Gasteiger partial charge on any atom is 0.102 e. The summed E-state index contributed by atoms with van der Waals surface area (Å²) in [5.41, 5.74) is 1.52. The number of benzene rings is 1. The molecule has 0 aliphatic carbocycles. The molecule has 0 aliphatic heterocycles. The lowest BCUT2D eigenvalue weighted by Gasteiger charge is -2.15. The molecule has 1 unspecified atom stereocenters. The Morgan fingerprint density at radius 2 is 2.24 bits per heavy atom. The van der Waals surface area contributed by atoms with E-state index in [9.17, 15) is 5.26 Å². The monoisotopic (exact) mass is 244 g/mol. The smallest absolute Gasteiger partial charge is 0.102 e. The molecular weight excluding hydrogens is 228 g/mol. The number of hydrogen-bond donors (Lipinski definition) is 1. The van der Waals surface area contributed by atoms with Crippen LogP contribution in [-0.4, -0.2) is 11.8 Å². The predicted octanol–water partition coefficient (Wildman–Crippen LogP) is 3.49. The molecule has 1 rings (SSSR count). The Morgan fingerprint density at radius 3 is 2.76 bits per heavy atom. The van der Waals surface area contributed by atoms with E-state index in [0.29, 0.717) is 5.56 Å². The summed E-state index contributed by atoms with van der Waals surface area (Å²) in [6.45, 7) is 4.09. The van der Waals surface area contributed by atoms with Crippen molar-refractivity contribution in [1.29, 1.82) is 5.26 Å². The first-order valence-corrected chi connectivity index (χ1v) is 6.63. The summed E-state index contributed by atoms with van der Waals surface area (Å²) < 4.78 is 0. The van der Waals surface area contributed by atoms with Gasteiger partial charge in [0.25, 0.3) is 0 Å². The normalized spacial score (nSPS) is 11.3. The van der Waals surface area contributed by atoms with Crippen LogP contribution in [0.1, 0.15) is 25.8 Å². The van der Waals surface area contributed by atoms with Crippen molar-refractivity contribution in [2.24, 2.45) is 0 Å². The fourth-order valence-electron chi connectivity index (χ4n) is 1.49. The molecule has 0 spiro atoms. The van der Waals surface area contributed by atoms with Gasteiger partial charge in [0.2, 0.25) is 0 Å². The third-order valence-electron chi connectivity index (χ3n) is 2.38. The molecule has 1 N–H and O–H groups in total. The van der Waals surface area contributed by atoms with Gasteiger partial charge in [-0.3, -0.25) is 0 Å². The molecule has 0 radical (unpaired) electrons. The fraction of sp³-hybridized carbons (Fsp3) is 0.357. The number of nitrogens with zero attached hydrogens (tertiary/aromatic N) is 1. The lowest BCUT2D eigenvalue weighted by Crippen LogP contribution is -2.16. The highest BCUT2D eigenvalue weighted by Crippen LogP contribution is 2.28. The molecule has 88 valence electrons. The first kappa shape index (κ1) is 13.5. The average molecular weight is 244 g/mol. The Kier molecular flexibility index (Phi) is 5.46. The fourth-order valence-corrected chi connectivity index (χ4v) is 2.28. The van der Waals surface area contributed by atoms with Gasteiger partial charge in [0.15, 0.2) is 0 Å². The minimum Gasteiger partial charge on any atom is -0.370 e. The van der Waals surface area contributed by atoms with Crippen molar-refractivity contribution in [2.45, 2.75) is 31.2 Å². The van der Waals surface area contributed by atoms with Gasteiger partial charge in [0, 0.05) is 4.90 Å². The molecule has 0 heterocycles. The Morgan fingerprint density at radius 1 is 1.47 bits per heavy atom. The van der Waals surface area contributed by atoms with Crippen LogP contribution in [0.25, 0.3) is 0 Å². The van der Waals surface area contributed by atoms with Gasteiger partial charge in [-0.1, -0.05) is 25.8 Å². The molecule has 1 atom stereocenters. The van der Waals surface area contributed by atoms with Gasteiger partial charge >= 0.3 is 0 Å². The molecule has 0 saturated heterocycles. The Bertz CT molecular complexity index is 454. The molecule has 2 nitrogen and oxygen atoms in total. The SMILES string of the molecule is C#CC(CC)Nc1cccc(SCC)c1C#N. The van der Waals surface area contributed by atoms with E-state index in [-0.39, 0.29) is 6.04 Å². The van der Waals surface area contributed by atoms with E-state index in [2.05, 4.69) is 24.2 Å². The number of terminal acetylenes is 1. The van der Waals surface area contributed by atoms with Crippen LogP contribution < -0.4 is 5.32 Å². The lowest BCUT2D eigenvalue weighted by atomic mass is 10.1. The Hall–Kier alpha value is -1.58. The van der Waals surface area contributed by atoms with E-state index in [1.54, 1.807) is 11.8 Å². The van der Waals surface area contributed by atoms with E-state index in [1.165, 1.54) is 0 Å². The van der Waals surface area contributed by atoms with Crippen LogP contribution in [0.3, 0.4) is 0 Å². The summed E-state index contributed by atoms with van der Waals surface area (Å²) in [5, 5.41) is 12.5. The second-order valence-corrected chi connectivity index (χ2v) is 4.80. The van der Waals surface area contributed by atoms with Gasteiger partial charge in [-0.2, -0.15) is 5.26 Å². The first-order chi connectivity index (χ1) is 8.26. The molecule has 17 heavy (non-hydrogen) atoms. The Labute approximate surface area is 107 Å². The Balaban J connectivity index is 3.04. The number of anilines is 1. The maximum absolute atomic E-state index is 9.23.